The van der Waals surface area contributed by atoms with E-state index in [1.807, 2.05) is 24.3 Å². The van der Waals surface area contributed by atoms with E-state index in [2.05, 4.69) is 11.9 Å². The number of hydrogen-bond acceptors (Lipinski definition) is 3. The first-order valence-electron chi connectivity index (χ1n) is 7.92. The van der Waals surface area contributed by atoms with E-state index in [4.69, 9.17) is 4.74 Å². The summed E-state index contributed by atoms with van der Waals surface area (Å²) in [6.45, 7) is 1.09. The van der Waals surface area contributed by atoms with Crippen LogP contribution in [0.2, 0.25) is 0 Å². The molecule has 25 heavy (non-hydrogen) atoms. The third-order valence-electron chi connectivity index (χ3n) is 4.16. The Hall–Kier alpha value is -2.57. The summed E-state index contributed by atoms with van der Waals surface area (Å²) in [6.07, 6.45) is -2.42. The summed E-state index contributed by atoms with van der Waals surface area (Å²) in [6, 6.07) is 10.5. The monoisotopic (exact) mass is 350 g/mol. The van der Waals surface area contributed by atoms with Crippen molar-refractivity contribution in [3.63, 3.8) is 0 Å². The fraction of sp³-hybridized carbons (Fsp3) is 0.333. The zero-order chi connectivity index (χ0) is 18.0. The number of ether oxygens (including phenoxy) is 1. The van der Waals surface area contributed by atoms with Gasteiger partial charge < -0.3 is 9.64 Å². The fourth-order valence-electron chi connectivity index (χ4n) is 2.92. The highest BCUT2D eigenvalue weighted by atomic mass is 19.4. The van der Waals surface area contributed by atoms with Gasteiger partial charge >= 0.3 is 6.18 Å². The number of carbonyl (C=O) groups is 1. The maximum absolute atomic E-state index is 12.9. The SMILES string of the molecule is CC1CCN(C(=O)c2cccnc2OCC(F)(F)F)c2ccccc21. The number of carbonyl (C=O) groups excluding carboxylic acids is 1. The van der Waals surface area contributed by atoms with E-state index >= 15 is 0 Å². The highest BCUT2D eigenvalue weighted by Gasteiger charge is 2.32. The molecule has 4 nitrogen and oxygen atoms in total. The summed E-state index contributed by atoms with van der Waals surface area (Å²) in [5, 5.41) is 0. The van der Waals surface area contributed by atoms with E-state index < -0.39 is 18.7 Å². The smallest absolute Gasteiger partial charge is 0.422 e. The molecule has 1 aliphatic heterocycles. The van der Waals surface area contributed by atoms with Crippen LogP contribution in [-0.2, 0) is 0 Å². The van der Waals surface area contributed by atoms with Gasteiger partial charge in [0.25, 0.3) is 5.91 Å². The van der Waals surface area contributed by atoms with E-state index in [-0.39, 0.29) is 11.4 Å². The number of alkyl halides is 3. The largest absolute Gasteiger partial charge is 0.467 e. The number of fused-ring (bicyclic) bond motifs is 1. The second-order valence-electron chi connectivity index (χ2n) is 5.97. The summed E-state index contributed by atoms with van der Waals surface area (Å²) in [7, 11) is 0. The molecule has 0 aliphatic carbocycles. The molecular formula is C18H17F3N2O2. The van der Waals surface area contributed by atoms with E-state index in [1.165, 1.54) is 18.3 Å². The Balaban J connectivity index is 1.91. The number of benzene rings is 1. The molecule has 1 atom stereocenters. The van der Waals surface area contributed by atoms with E-state index in [0.717, 1.165) is 17.7 Å². The normalized spacial score (nSPS) is 17.1. The topological polar surface area (TPSA) is 42.4 Å². The van der Waals surface area contributed by atoms with Crippen LogP contribution in [0.5, 0.6) is 5.88 Å². The van der Waals surface area contributed by atoms with Crippen molar-refractivity contribution < 1.29 is 22.7 Å². The Kier molecular flexibility index (Phi) is 4.65. The minimum atomic E-state index is -4.50. The molecule has 0 N–H and O–H groups in total. The number of aromatic nitrogens is 1. The average molecular weight is 350 g/mol. The van der Waals surface area contributed by atoms with Gasteiger partial charge in [0.2, 0.25) is 5.88 Å². The van der Waals surface area contributed by atoms with Crippen LogP contribution in [0.1, 0.15) is 35.2 Å². The van der Waals surface area contributed by atoms with Crippen LogP contribution >= 0.6 is 0 Å². The molecule has 7 heteroatoms. The third-order valence-corrected chi connectivity index (χ3v) is 4.16. The van der Waals surface area contributed by atoms with Gasteiger partial charge in [0.1, 0.15) is 5.56 Å². The summed E-state index contributed by atoms with van der Waals surface area (Å²) < 4.78 is 42.0. The average Bonchev–Trinajstić information content (AvgIpc) is 2.60. The van der Waals surface area contributed by atoms with Crippen molar-refractivity contribution in [1.29, 1.82) is 0 Å². The van der Waals surface area contributed by atoms with Gasteiger partial charge in [-0.1, -0.05) is 25.1 Å². The molecule has 2 aromatic rings. The molecule has 1 amide bonds. The van der Waals surface area contributed by atoms with Crippen molar-refractivity contribution in [1.82, 2.24) is 4.98 Å². The Bertz CT molecular complexity index is 777. The van der Waals surface area contributed by atoms with Crippen LogP contribution in [0.3, 0.4) is 0 Å². The van der Waals surface area contributed by atoms with Gasteiger partial charge in [-0.3, -0.25) is 4.79 Å². The molecule has 0 saturated carbocycles. The van der Waals surface area contributed by atoms with E-state index in [0.29, 0.717) is 12.5 Å². The molecule has 0 bridgehead atoms. The first-order chi connectivity index (χ1) is 11.9. The lowest BCUT2D eigenvalue weighted by Crippen LogP contribution is -2.36. The highest BCUT2D eigenvalue weighted by molar-refractivity contribution is 6.08. The lowest BCUT2D eigenvalue weighted by Gasteiger charge is -2.33. The second-order valence-corrected chi connectivity index (χ2v) is 5.97. The summed E-state index contributed by atoms with van der Waals surface area (Å²) in [5.41, 5.74) is 1.84. The predicted molar refractivity (Wildman–Crippen MR) is 86.9 cm³/mol. The number of nitrogens with zero attached hydrogens (tertiary/aromatic N) is 2. The number of pyridine rings is 1. The van der Waals surface area contributed by atoms with Crippen molar-refractivity contribution in [2.75, 3.05) is 18.1 Å². The van der Waals surface area contributed by atoms with Gasteiger partial charge in [-0.25, -0.2) is 4.98 Å². The summed E-state index contributed by atoms with van der Waals surface area (Å²) >= 11 is 0. The van der Waals surface area contributed by atoms with Crippen LogP contribution in [-0.4, -0.2) is 30.2 Å². The molecule has 132 valence electrons. The quantitative estimate of drug-likeness (QED) is 0.834. The molecule has 3 rings (SSSR count). The summed E-state index contributed by atoms with van der Waals surface area (Å²) in [4.78, 5) is 18.3. The number of anilines is 1. The lowest BCUT2D eigenvalue weighted by molar-refractivity contribution is -0.154. The molecule has 1 unspecified atom stereocenters. The van der Waals surface area contributed by atoms with Gasteiger partial charge in [-0.05, 0) is 36.1 Å². The van der Waals surface area contributed by atoms with Gasteiger partial charge in [0.15, 0.2) is 6.61 Å². The second kappa shape index (κ2) is 6.74. The van der Waals surface area contributed by atoms with Gasteiger partial charge in [-0.15, -0.1) is 0 Å². The minimum absolute atomic E-state index is 0.0242. The molecule has 0 radical (unpaired) electrons. The fourth-order valence-corrected chi connectivity index (χ4v) is 2.92. The molecule has 1 aromatic carbocycles. The predicted octanol–water partition coefficient (Wildman–Crippen LogP) is 4.18. The summed E-state index contributed by atoms with van der Waals surface area (Å²) in [5.74, 6) is -0.402. The first kappa shape index (κ1) is 17.3. The Morgan fingerprint density at radius 2 is 2.04 bits per heavy atom. The lowest BCUT2D eigenvalue weighted by atomic mass is 9.91. The Morgan fingerprint density at radius 3 is 2.80 bits per heavy atom. The van der Waals surface area contributed by atoms with Gasteiger partial charge in [0, 0.05) is 18.4 Å². The maximum atomic E-state index is 12.9. The molecule has 0 saturated heterocycles. The zero-order valence-electron chi connectivity index (χ0n) is 13.6. The third kappa shape index (κ3) is 3.75. The molecule has 1 aliphatic rings. The number of halogens is 3. The Morgan fingerprint density at radius 1 is 1.28 bits per heavy atom. The molecule has 2 heterocycles. The van der Waals surface area contributed by atoms with Crippen molar-refractivity contribution in [3.05, 3.63) is 53.7 Å². The molecule has 0 spiro atoms. The minimum Gasteiger partial charge on any atom is -0.467 e. The van der Waals surface area contributed by atoms with Crippen molar-refractivity contribution in [2.24, 2.45) is 0 Å². The van der Waals surface area contributed by atoms with Crippen molar-refractivity contribution in [3.8, 4) is 5.88 Å². The van der Waals surface area contributed by atoms with E-state index in [1.54, 1.807) is 4.90 Å². The van der Waals surface area contributed by atoms with E-state index in [9.17, 15) is 18.0 Å². The Labute approximate surface area is 143 Å². The number of para-hydroxylation sites is 1. The van der Waals surface area contributed by atoms with Gasteiger partial charge in [0.05, 0.1) is 0 Å². The van der Waals surface area contributed by atoms with Crippen molar-refractivity contribution in [2.45, 2.75) is 25.4 Å². The van der Waals surface area contributed by atoms with Crippen LogP contribution < -0.4 is 9.64 Å². The van der Waals surface area contributed by atoms with Crippen LogP contribution in [0.15, 0.2) is 42.6 Å². The highest BCUT2D eigenvalue weighted by Crippen LogP contribution is 2.36. The van der Waals surface area contributed by atoms with Crippen LogP contribution in [0, 0.1) is 0 Å². The first-order valence-corrected chi connectivity index (χ1v) is 7.92. The maximum Gasteiger partial charge on any atom is 0.422 e. The number of amides is 1. The zero-order valence-corrected chi connectivity index (χ0v) is 13.6. The molecular weight excluding hydrogens is 333 g/mol. The van der Waals surface area contributed by atoms with Crippen LogP contribution in [0.25, 0.3) is 0 Å². The standard InChI is InChI=1S/C18H17F3N2O2/c1-12-8-10-23(15-7-3-2-5-13(12)15)17(24)14-6-4-9-22-16(14)25-11-18(19,20)21/h2-7,9,12H,8,10-11H2,1H3. The van der Waals surface area contributed by atoms with Crippen LogP contribution in [0.4, 0.5) is 18.9 Å². The number of rotatable bonds is 3. The van der Waals surface area contributed by atoms with Gasteiger partial charge in [-0.2, -0.15) is 13.2 Å². The van der Waals surface area contributed by atoms with Crippen molar-refractivity contribution >= 4 is 11.6 Å². The molecule has 0 fully saturated rings. The number of hydrogen-bond donors (Lipinski definition) is 0. The molecule has 1 aromatic heterocycles.